The third-order valence-corrected chi connectivity index (χ3v) is 6.15. The van der Waals surface area contributed by atoms with Crippen molar-refractivity contribution in [3.63, 3.8) is 0 Å². The molecule has 0 spiro atoms. The first-order chi connectivity index (χ1) is 19.1. The van der Waals surface area contributed by atoms with E-state index in [0.717, 1.165) is 6.07 Å². The van der Waals surface area contributed by atoms with Gasteiger partial charge >= 0.3 is 6.03 Å². The molecule has 3 amide bonds. The van der Waals surface area contributed by atoms with Crippen molar-refractivity contribution in [1.82, 2.24) is 15.1 Å². The number of hydrogen-bond acceptors (Lipinski definition) is 6. The number of terminal acetylenes is 1. The van der Waals surface area contributed by atoms with E-state index in [-0.39, 0.29) is 18.5 Å². The molecule has 0 saturated heterocycles. The highest BCUT2D eigenvalue weighted by Gasteiger charge is 2.27. The lowest BCUT2D eigenvalue weighted by atomic mass is 10.1. The van der Waals surface area contributed by atoms with Gasteiger partial charge in [0, 0.05) is 53.9 Å². The number of benzene rings is 2. The van der Waals surface area contributed by atoms with Crippen molar-refractivity contribution in [2.75, 3.05) is 25.1 Å². The highest BCUT2D eigenvalue weighted by atomic mass is 35.5. The molecule has 0 fully saturated rings. The molecule has 9 nitrogen and oxygen atoms in total. The van der Waals surface area contributed by atoms with E-state index in [9.17, 15) is 19.2 Å². The maximum Gasteiger partial charge on any atom is 0.327 e. The fourth-order valence-corrected chi connectivity index (χ4v) is 3.88. The lowest BCUT2D eigenvalue weighted by Crippen LogP contribution is -2.54. The standard InChI is InChI=1S/C29H31ClFN7O2/c1-6-8-22(30)14-24(7-2)38(17-20-9-11-26(31)21(13-20)16-32)29(40)37(5)28(35-18-39)36-23-10-12-27(33)25(15-23)19(3)34-4/h1,7,9-15,18,28,36H,8,17,33H2,2-5H3,(H,35,39)/b22-14+,24-7+,34-19?. The van der Waals surface area contributed by atoms with Crippen LogP contribution in [-0.4, -0.2) is 48.3 Å². The Kier molecular flexibility index (Phi) is 11.7. The highest BCUT2D eigenvalue weighted by Crippen LogP contribution is 2.23. The molecule has 0 saturated carbocycles. The van der Waals surface area contributed by atoms with Crippen LogP contribution in [0.5, 0.6) is 0 Å². The summed E-state index contributed by atoms with van der Waals surface area (Å²) < 4.78 is 14.0. The lowest BCUT2D eigenvalue weighted by molar-refractivity contribution is -0.110. The van der Waals surface area contributed by atoms with Gasteiger partial charge in [-0.25, -0.2) is 9.18 Å². The average Bonchev–Trinajstić information content (AvgIpc) is 2.95. The van der Waals surface area contributed by atoms with E-state index in [1.165, 1.54) is 29.0 Å². The van der Waals surface area contributed by atoms with E-state index in [1.807, 2.05) is 6.92 Å². The average molecular weight is 564 g/mol. The van der Waals surface area contributed by atoms with Crippen molar-refractivity contribution >= 4 is 41.1 Å². The predicted molar refractivity (Wildman–Crippen MR) is 157 cm³/mol. The molecular formula is C29H31ClFN7O2. The minimum Gasteiger partial charge on any atom is -0.398 e. The number of nitriles is 1. The largest absolute Gasteiger partial charge is 0.398 e. The van der Waals surface area contributed by atoms with Crippen LogP contribution in [0.15, 0.2) is 64.3 Å². The van der Waals surface area contributed by atoms with Gasteiger partial charge in [-0.15, -0.1) is 12.3 Å². The molecule has 4 N–H and O–H groups in total. The zero-order valence-corrected chi connectivity index (χ0v) is 23.5. The third kappa shape index (κ3) is 8.10. The minimum absolute atomic E-state index is 0.0412. The molecule has 2 aromatic carbocycles. The second-order valence-electron chi connectivity index (χ2n) is 8.53. The maximum atomic E-state index is 14.0. The van der Waals surface area contributed by atoms with E-state index >= 15 is 0 Å². The Bertz CT molecular complexity index is 1420. The van der Waals surface area contributed by atoms with Crippen LogP contribution in [0.1, 0.15) is 37.0 Å². The number of anilines is 2. The Balaban J connectivity index is 2.50. The number of amides is 3. The zero-order chi connectivity index (χ0) is 29.8. The number of nitrogen functional groups attached to an aromatic ring is 1. The molecule has 0 aromatic heterocycles. The quantitative estimate of drug-likeness (QED) is 0.0907. The van der Waals surface area contributed by atoms with Crippen LogP contribution in [0.3, 0.4) is 0 Å². The molecule has 40 heavy (non-hydrogen) atoms. The number of halogens is 2. The number of hydrogen-bond donors (Lipinski definition) is 3. The molecule has 0 bridgehead atoms. The Morgan fingerprint density at radius 3 is 2.65 bits per heavy atom. The number of nitrogens with zero attached hydrogens (tertiary/aromatic N) is 4. The van der Waals surface area contributed by atoms with Crippen molar-refractivity contribution in [3.05, 3.63) is 81.8 Å². The molecule has 2 rings (SSSR count). The number of urea groups is 1. The molecule has 1 atom stereocenters. The Hall–Kier alpha value is -4.80. The van der Waals surface area contributed by atoms with Gasteiger partial charge in [-0.1, -0.05) is 23.7 Å². The molecule has 0 radical (unpaired) electrons. The Morgan fingerprint density at radius 2 is 2.05 bits per heavy atom. The van der Waals surface area contributed by atoms with Gasteiger partial charge < -0.3 is 16.4 Å². The molecular weight excluding hydrogens is 533 g/mol. The van der Waals surface area contributed by atoms with Crippen molar-refractivity contribution in [2.45, 2.75) is 33.1 Å². The van der Waals surface area contributed by atoms with Gasteiger partial charge in [0.15, 0.2) is 6.29 Å². The number of carbonyl (C=O) groups is 2. The van der Waals surface area contributed by atoms with E-state index in [4.69, 9.17) is 23.8 Å². The van der Waals surface area contributed by atoms with Crippen LogP contribution < -0.4 is 16.4 Å². The van der Waals surface area contributed by atoms with Gasteiger partial charge in [-0.2, -0.15) is 5.26 Å². The molecule has 0 aliphatic rings. The number of rotatable bonds is 11. The van der Waals surface area contributed by atoms with Gasteiger partial charge in [0.1, 0.15) is 11.9 Å². The molecule has 0 aliphatic heterocycles. The SMILES string of the molecule is C#CC/C(Cl)=C\C(=C/C)N(Cc1ccc(F)c(C#N)c1)C(=O)N(C)C(NC=O)Nc1ccc(N)c(C(C)=NC)c1. The van der Waals surface area contributed by atoms with E-state index in [2.05, 4.69) is 21.5 Å². The number of allylic oxidation sites excluding steroid dienone is 3. The van der Waals surface area contributed by atoms with Gasteiger partial charge in [0.05, 0.1) is 12.1 Å². The van der Waals surface area contributed by atoms with Gasteiger partial charge in [0.2, 0.25) is 6.41 Å². The monoisotopic (exact) mass is 563 g/mol. The fraction of sp³-hybridized carbons (Fsp3) is 0.241. The summed E-state index contributed by atoms with van der Waals surface area (Å²) in [7, 11) is 3.14. The predicted octanol–water partition coefficient (Wildman–Crippen LogP) is 4.76. The smallest absolute Gasteiger partial charge is 0.327 e. The van der Waals surface area contributed by atoms with Crippen molar-refractivity contribution in [1.29, 1.82) is 5.26 Å². The van der Waals surface area contributed by atoms with E-state index < -0.39 is 18.1 Å². The highest BCUT2D eigenvalue weighted by molar-refractivity contribution is 6.30. The summed E-state index contributed by atoms with van der Waals surface area (Å²) in [6, 6.07) is 10.4. The summed E-state index contributed by atoms with van der Waals surface area (Å²) >= 11 is 6.28. The normalized spacial score (nSPS) is 12.6. The van der Waals surface area contributed by atoms with Crippen molar-refractivity contribution in [3.8, 4) is 18.4 Å². The van der Waals surface area contributed by atoms with Crippen LogP contribution in [0.4, 0.5) is 20.6 Å². The second-order valence-corrected chi connectivity index (χ2v) is 9.02. The van der Waals surface area contributed by atoms with Crippen molar-refractivity contribution < 1.29 is 14.0 Å². The topological polar surface area (TPSA) is 127 Å². The van der Waals surface area contributed by atoms with Crippen LogP contribution in [0.25, 0.3) is 0 Å². The minimum atomic E-state index is -0.992. The Labute approximate surface area is 238 Å². The summed E-state index contributed by atoms with van der Waals surface area (Å²) in [6.07, 6.45) is 8.20. The zero-order valence-electron chi connectivity index (χ0n) is 22.7. The van der Waals surface area contributed by atoms with Crippen LogP contribution >= 0.6 is 11.6 Å². The van der Waals surface area contributed by atoms with Gasteiger partial charge in [-0.05, 0) is 55.8 Å². The first-order valence-electron chi connectivity index (χ1n) is 12.1. The summed E-state index contributed by atoms with van der Waals surface area (Å²) in [5, 5.41) is 15.3. The first kappa shape index (κ1) is 31.4. The molecule has 1 unspecified atom stereocenters. The second kappa shape index (κ2) is 15.0. The van der Waals surface area contributed by atoms with Crippen LogP contribution in [0.2, 0.25) is 0 Å². The molecule has 208 valence electrons. The van der Waals surface area contributed by atoms with Crippen LogP contribution in [-0.2, 0) is 11.3 Å². The number of aliphatic imine (C=N–C) groups is 1. The van der Waals surface area contributed by atoms with Gasteiger partial charge in [-0.3, -0.25) is 19.6 Å². The van der Waals surface area contributed by atoms with E-state index in [0.29, 0.717) is 45.4 Å². The van der Waals surface area contributed by atoms with E-state index in [1.54, 1.807) is 50.4 Å². The summed E-state index contributed by atoms with van der Waals surface area (Å²) in [5.74, 6) is 1.78. The number of nitrogens with two attached hydrogens (primary N) is 1. The van der Waals surface area contributed by atoms with Crippen molar-refractivity contribution in [2.24, 2.45) is 4.99 Å². The summed E-state index contributed by atoms with van der Waals surface area (Å²) in [5.41, 5.74) is 9.31. The maximum absolute atomic E-state index is 14.0. The van der Waals surface area contributed by atoms with Gasteiger partial charge in [0.25, 0.3) is 0 Å². The fourth-order valence-electron chi connectivity index (χ4n) is 3.69. The number of carbonyl (C=O) groups excluding carboxylic acids is 2. The molecule has 11 heteroatoms. The summed E-state index contributed by atoms with van der Waals surface area (Å²) in [4.78, 5) is 32.2. The molecule has 2 aromatic rings. The lowest BCUT2D eigenvalue weighted by Gasteiger charge is -2.34. The Morgan fingerprint density at radius 1 is 1.32 bits per heavy atom. The third-order valence-electron chi connectivity index (χ3n) is 5.90. The number of nitrogens with one attached hydrogen (secondary N) is 2. The summed E-state index contributed by atoms with van der Waals surface area (Å²) in [6.45, 7) is 3.49. The van der Waals surface area contributed by atoms with Crippen LogP contribution in [0, 0.1) is 29.5 Å². The first-order valence-corrected chi connectivity index (χ1v) is 12.5. The molecule has 0 heterocycles. The molecule has 0 aliphatic carbocycles.